The van der Waals surface area contributed by atoms with Crippen LogP contribution in [0, 0.1) is 11.3 Å². The van der Waals surface area contributed by atoms with Gasteiger partial charge in [0, 0.05) is 18.7 Å². The zero-order valence-electron chi connectivity index (χ0n) is 8.66. The van der Waals surface area contributed by atoms with E-state index >= 15 is 0 Å². The fourth-order valence-electron chi connectivity index (χ4n) is 1.57. The molecule has 4 heteroatoms. The second-order valence-electron chi connectivity index (χ2n) is 3.41. The normalized spacial score (nSPS) is 13.6. The number of allylic oxidation sites excluding steroid dienone is 1. The Morgan fingerprint density at radius 2 is 1.81 bits per heavy atom. The molecule has 1 fully saturated rings. The Balaban J connectivity index is 2.34. The number of Topliss-reactive ketones (excluding diaryl/α,β-unsaturated/α-hetero) is 1. The van der Waals surface area contributed by atoms with Crippen LogP contribution in [0.5, 0.6) is 0 Å². The van der Waals surface area contributed by atoms with Gasteiger partial charge in [0.05, 0.1) is 0 Å². The number of nitrogens with one attached hydrogen (secondary N) is 2. The fourth-order valence-corrected chi connectivity index (χ4v) is 1.57. The van der Waals surface area contributed by atoms with Gasteiger partial charge in [0.15, 0.2) is 0 Å². The van der Waals surface area contributed by atoms with Crippen molar-refractivity contribution in [1.82, 2.24) is 10.6 Å². The molecule has 80 valence electrons. The van der Waals surface area contributed by atoms with Gasteiger partial charge in [0.2, 0.25) is 5.78 Å². The lowest BCUT2D eigenvalue weighted by atomic mass is 10.0. The van der Waals surface area contributed by atoms with E-state index in [1.54, 1.807) is 24.3 Å². The highest BCUT2D eigenvalue weighted by molar-refractivity contribution is 6.11. The number of nitriles is 1. The third-order valence-electron chi connectivity index (χ3n) is 2.35. The molecular formula is C12H11N3O. The number of hydrogen-bond donors (Lipinski definition) is 2. The van der Waals surface area contributed by atoms with Gasteiger partial charge in [0.1, 0.15) is 17.5 Å². The number of nitrogens with zero attached hydrogens (tertiary/aromatic N) is 1. The van der Waals surface area contributed by atoms with Gasteiger partial charge in [-0.3, -0.25) is 4.79 Å². The Morgan fingerprint density at radius 1 is 1.19 bits per heavy atom. The maximum atomic E-state index is 12.0. The van der Waals surface area contributed by atoms with E-state index in [9.17, 15) is 4.79 Å². The standard InChI is InChI=1S/C12H11N3O/c13-8-10(12-14-6-7-15-12)11(16)9-4-2-1-3-5-9/h1-5,14-15H,6-7H2. The molecule has 0 saturated carbocycles. The van der Waals surface area contributed by atoms with E-state index < -0.39 is 0 Å². The lowest BCUT2D eigenvalue weighted by molar-refractivity contribution is 0.103. The third kappa shape index (κ3) is 1.89. The molecule has 1 aromatic carbocycles. The Labute approximate surface area is 93.6 Å². The minimum absolute atomic E-state index is 0.142. The fraction of sp³-hybridized carbons (Fsp3) is 0.167. The summed E-state index contributed by atoms with van der Waals surface area (Å²) in [7, 11) is 0. The van der Waals surface area contributed by atoms with Gasteiger partial charge in [0.25, 0.3) is 0 Å². The molecule has 2 rings (SSSR count). The van der Waals surface area contributed by atoms with Crippen molar-refractivity contribution in [1.29, 1.82) is 5.26 Å². The molecule has 0 aromatic heterocycles. The average Bonchev–Trinajstić information content (AvgIpc) is 2.85. The van der Waals surface area contributed by atoms with Crippen LogP contribution in [-0.2, 0) is 0 Å². The number of rotatable bonds is 2. The van der Waals surface area contributed by atoms with Crippen molar-refractivity contribution in [2.24, 2.45) is 0 Å². The Morgan fingerprint density at radius 3 is 2.38 bits per heavy atom. The van der Waals surface area contributed by atoms with Crippen LogP contribution < -0.4 is 10.6 Å². The monoisotopic (exact) mass is 213 g/mol. The van der Waals surface area contributed by atoms with Crippen LogP contribution >= 0.6 is 0 Å². The van der Waals surface area contributed by atoms with Gasteiger partial charge >= 0.3 is 0 Å². The summed E-state index contributed by atoms with van der Waals surface area (Å²) in [4.78, 5) is 12.0. The van der Waals surface area contributed by atoms with Gasteiger partial charge in [-0.25, -0.2) is 0 Å². The summed E-state index contributed by atoms with van der Waals surface area (Å²) in [6.45, 7) is 1.48. The topological polar surface area (TPSA) is 64.9 Å². The first-order valence-electron chi connectivity index (χ1n) is 5.05. The Bertz CT molecular complexity index is 463. The number of ketones is 1. The minimum Gasteiger partial charge on any atom is -0.369 e. The molecule has 16 heavy (non-hydrogen) atoms. The maximum Gasteiger partial charge on any atom is 0.207 e. The lowest BCUT2D eigenvalue weighted by Crippen LogP contribution is -2.17. The van der Waals surface area contributed by atoms with E-state index in [2.05, 4.69) is 10.6 Å². The van der Waals surface area contributed by atoms with E-state index in [0.29, 0.717) is 11.4 Å². The molecule has 1 saturated heterocycles. The van der Waals surface area contributed by atoms with Crippen LogP contribution in [0.25, 0.3) is 0 Å². The van der Waals surface area contributed by atoms with Crippen LogP contribution in [0.4, 0.5) is 0 Å². The SMILES string of the molecule is N#CC(C(=O)c1ccccc1)=C1NCCN1. The lowest BCUT2D eigenvalue weighted by Gasteiger charge is -2.04. The van der Waals surface area contributed by atoms with E-state index in [1.807, 2.05) is 12.1 Å². The molecule has 1 aliphatic rings. The highest BCUT2D eigenvalue weighted by atomic mass is 16.1. The average molecular weight is 213 g/mol. The summed E-state index contributed by atoms with van der Waals surface area (Å²) >= 11 is 0. The zero-order valence-corrected chi connectivity index (χ0v) is 8.66. The van der Waals surface area contributed by atoms with Gasteiger partial charge in [-0.15, -0.1) is 0 Å². The van der Waals surface area contributed by atoms with Gasteiger partial charge in [-0.05, 0) is 0 Å². The van der Waals surface area contributed by atoms with Gasteiger partial charge in [-0.2, -0.15) is 5.26 Å². The predicted molar refractivity (Wildman–Crippen MR) is 59.4 cm³/mol. The van der Waals surface area contributed by atoms with E-state index in [0.717, 1.165) is 13.1 Å². The Hall–Kier alpha value is -2.28. The minimum atomic E-state index is -0.250. The maximum absolute atomic E-state index is 12.0. The van der Waals surface area contributed by atoms with Crippen molar-refractivity contribution >= 4 is 5.78 Å². The van der Waals surface area contributed by atoms with Crippen molar-refractivity contribution in [3.05, 3.63) is 47.3 Å². The van der Waals surface area contributed by atoms with Crippen molar-refractivity contribution < 1.29 is 4.79 Å². The van der Waals surface area contributed by atoms with Crippen LogP contribution in [-0.4, -0.2) is 18.9 Å². The molecule has 0 amide bonds. The first-order valence-corrected chi connectivity index (χ1v) is 5.05. The molecule has 1 aromatic rings. The highest BCUT2D eigenvalue weighted by Crippen LogP contribution is 2.10. The predicted octanol–water partition coefficient (Wildman–Crippen LogP) is 0.797. The van der Waals surface area contributed by atoms with E-state index in [-0.39, 0.29) is 11.4 Å². The largest absolute Gasteiger partial charge is 0.369 e. The summed E-state index contributed by atoms with van der Waals surface area (Å²) in [5, 5.41) is 15.0. The van der Waals surface area contributed by atoms with E-state index in [4.69, 9.17) is 5.26 Å². The van der Waals surface area contributed by atoms with Crippen molar-refractivity contribution in [3.63, 3.8) is 0 Å². The number of carbonyl (C=O) groups excluding carboxylic acids is 1. The van der Waals surface area contributed by atoms with Crippen molar-refractivity contribution in [2.45, 2.75) is 0 Å². The molecule has 2 N–H and O–H groups in total. The van der Waals surface area contributed by atoms with Crippen LogP contribution in [0.15, 0.2) is 41.7 Å². The van der Waals surface area contributed by atoms with Gasteiger partial charge < -0.3 is 10.6 Å². The highest BCUT2D eigenvalue weighted by Gasteiger charge is 2.19. The van der Waals surface area contributed by atoms with Crippen LogP contribution in [0.1, 0.15) is 10.4 Å². The second-order valence-corrected chi connectivity index (χ2v) is 3.41. The number of carbonyl (C=O) groups is 1. The number of hydrogen-bond acceptors (Lipinski definition) is 4. The summed E-state index contributed by atoms with van der Waals surface area (Å²) in [5.74, 6) is 0.288. The smallest absolute Gasteiger partial charge is 0.207 e. The van der Waals surface area contributed by atoms with E-state index in [1.165, 1.54) is 0 Å². The summed E-state index contributed by atoms with van der Waals surface area (Å²) in [5.41, 5.74) is 0.672. The zero-order chi connectivity index (χ0) is 11.4. The Kier molecular flexibility index (Phi) is 2.88. The molecule has 0 spiro atoms. The molecule has 0 aliphatic carbocycles. The molecule has 0 bridgehead atoms. The molecule has 1 aliphatic heterocycles. The summed E-state index contributed by atoms with van der Waals surface area (Å²) in [6.07, 6.45) is 0. The molecule has 1 heterocycles. The number of benzene rings is 1. The molecule has 4 nitrogen and oxygen atoms in total. The second kappa shape index (κ2) is 4.49. The van der Waals surface area contributed by atoms with Gasteiger partial charge in [-0.1, -0.05) is 30.3 Å². The van der Waals surface area contributed by atoms with Crippen LogP contribution in [0.2, 0.25) is 0 Å². The van der Waals surface area contributed by atoms with Crippen molar-refractivity contribution in [3.8, 4) is 6.07 Å². The molecule has 0 radical (unpaired) electrons. The summed E-state index contributed by atoms with van der Waals surface area (Å²) in [6, 6.07) is 10.8. The van der Waals surface area contributed by atoms with Crippen LogP contribution in [0.3, 0.4) is 0 Å². The first-order chi connectivity index (χ1) is 7.83. The molecular weight excluding hydrogens is 202 g/mol. The molecule has 0 unspecified atom stereocenters. The van der Waals surface area contributed by atoms with Crippen molar-refractivity contribution in [2.75, 3.05) is 13.1 Å². The summed E-state index contributed by atoms with van der Waals surface area (Å²) < 4.78 is 0. The first kappa shape index (κ1) is 10.2. The molecule has 0 atom stereocenters. The third-order valence-corrected chi connectivity index (χ3v) is 2.35. The quantitative estimate of drug-likeness (QED) is 0.433.